The van der Waals surface area contributed by atoms with Crippen molar-refractivity contribution in [2.45, 2.75) is 167 Å². The summed E-state index contributed by atoms with van der Waals surface area (Å²) in [7, 11) is 0. The fourth-order valence-corrected chi connectivity index (χ4v) is 10.8. The summed E-state index contributed by atoms with van der Waals surface area (Å²) < 4.78 is 24.1. The Morgan fingerprint density at radius 1 is 0.507 bits per heavy atom. The Morgan fingerprint density at radius 3 is 1.21 bits per heavy atom. The summed E-state index contributed by atoms with van der Waals surface area (Å²) in [6, 6.07) is 29.4. The summed E-state index contributed by atoms with van der Waals surface area (Å²) in [6.07, 6.45) is 20.7. The Labute approximate surface area is 421 Å². The van der Waals surface area contributed by atoms with E-state index in [2.05, 4.69) is 62.4 Å². The fraction of sp³-hybridized carbons (Fsp3) is 0.559. The summed E-state index contributed by atoms with van der Waals surface area (Å²) >= 11 is 0. The van der Waals surface area contributed by atoms with Gasteiger partial charge in [-0.2, -0.15) is 0 Å². The average Bonchev–Trinajstić information content (AvgIpc) is 3.38. The lowest BCUT2D eigenvalue weighted by molar-refractivity contribution is -0.385. The Bertz CT molecular complexity index is 2050. The Morgan fingerprint density at radius 2 is 0.873 bits per heavy atom. The third-order valence-corrected chi connectivity index (χ3v) is 14.9. The summed E-state index contributed by atoms with van der Waals surface area (Å²) in [5.74, 6) is 3.94. The third kappa shape index (κ3) is 18.4. The second-order valence-corrected chi connectivity index (χ2v) is 20.5. The predicted octanol–water partition coefficient (Wildman–Crippen LogP) is 14.8. The van der Waals surface area contributed by atoms with Crippen LogP contribution in [0, 0.1) is 37.5 Å². The van der Waals surface area contributed by atoms with E-state index in [1.807, 2.05) is 0 Å². The maximum Gasteiger partial charge on any atom is 0.305 e. The molecule has 71 heavy (non-hydrogen) atoms. The molecule has 2 fully saturated rings. The van der Waals surface area contributed by atoms with Crippen LogP contribution < -0.4 is 9.47 Å². The zero-order valence-corrected chi connectivity index (χ0v) is 42.4. The molecule has 0 N–H and O–H groups in total. The zero-order valence-electron chi connectivity index (χ0n) is 42.4. The molecule has 0 radical (unpaired) electrons. The highest BCUT2D eigenvalue weighted by atomic mass is 16.6. The van der Waals surface area contributed by atoms with Crippen molar-refractivity contribution in [1.29, 1.82) is 0 Å². The second kappa shape index (κ2) is 28.9. The number of carbonyl (C=O) groups excluding carboxylic acids is 2. The number of nitrogens with zero attached hydrogens (tertiary/aromatic N) is 2. The Hall–Kier alpha value is -5.78. The van der Waals surface area contributed by atoms with E-state index in [9.17, 15) is 29.8 Å². The van der Waals surface area contributed by atoms with Crippen LogP contribution in [-0.2, 0) is 31.9 Å². The molecule has 0 saturated heterocycles. The van der Waals surface area contributed by atoms with Gasteiger partial charge in [0.1, 0.15) is 24.7 Å². The third-order valence-electron chi connectivity index (χ3n) is 14.9. The molecule has 2 aliphatic carbocycles. The van der Waals surface area contributed by atoms with Crippen molar-refractivity contribution in [3.8, 4) is 11.5 Å². The number of rotatable bonds is 30. The molecule has 0 atom stereocenters. The molecule has 0 aliphatic heterocycles. The first-order valence-electron chi connectivity index (χ1n) is 26.7. The fourth-order valence-electron chi connectivity index (χ4n) is 10.8. The summed E-state index contributed by atoms with van der Waals surface area (Å²) in [5.41, 5.74) is 3.11. The van der Waals surface area contributed by atoms with E-state index in [4.69, 9.17) is 18.9 Å². The zero-order chi connectivity index (χ0) is 50.3. The first-order chi connectivity index (χ1) is 34.5. The standard InChI is InChI=1S/C59H78N2O10/c1-3-11-45-15-23-49(24-16-45)51-27-35-55(36-28-51)68-39-9-5-7-13-57(62)70-43-59(41-47-19-31-53(32-20-47)60(64)65,42-48-21-33-54(34-22-48)61(66)67)44-71-58(63)14-8-6-10-40-69-56-37-29-52(30-38-56)50-25-17-46(12-4-2)18-26-50/h19-22,27-38,45-46,49-50H,3-18,23-26,39-44H2,1-2H3/t45-,46-,49-,50-. The first-order valence-corrected chi connectivity index (χ1v) is 26.7. The second-order valence-electron chi connectivity index (χ2n) is 20.5. The maximum absolute atomic E-state index is 13.3. The highest BCUT2D eigenvalue weighted by Gasteiger charge is 2.35. The van der Waals surface area contributed by atoms with Crippen LogP contribution in [0.4, 0.5) is 11.4 Å². The van der Waals surface area contributed by atoms with Crippen molar-refractivity contribution < 1.29 is 38.4 Å². The van der Waals surface area contributed by atoms with Crippen molar-refractivity contribution in [2.75, 3.05) is 26.4 Å². The van der Waals surface area contributed by atoms with E-state index in [-0.39, 0.29) is 50.3 Å². The SMILES string of the molecule is CCC[C@H]1CC[C@H](c2ccc(OCCCCCC(=O)OCC(COC(=O)CCCCCOc3ccc([C@H]4CC[C@H](CCC)CC4)cc3)(Cc3ccc([N+](=O)[O-])cc3)Cc3ccc([N+](=O)[O-])cc3)cc2)CC1. The van der Waals surface area contributed by atoms with Gasteiger partial charge in [0.25, 0.3) is 11.4 Å². The Balaban J connectivity index is 0.982. The quantitative estimate of drug-likeness (QED) is 0.0213. The largest absolute Gasteiger partial charge is 0.494 e. The number of non-ortho nitro benzene ring substituents is 2. The van der Waals surface area contributed by atoms with Gasteiger partial charge in [0.15, 0.2) is 0 Å². The van der Waals surface area contributed by atoms with E-state index < -0.39 is 27.2 Å². The van der Waals surface area contributed by atoms with Crippen LogP contribution in [0.3, 0.4) is 0 Å². The highest BCUT2D eigenvalue weighted by molar-refractivity contribution is 5.70. The van der Waals surface area contributed by atoms with Crippen molar-refractivity contribution >= 4 is 23.3 Å². The van der Waals surface area contributed by atoms with Gasteiger partial charge in [-0.15, -0.1) is 0 Å². The van der Waals surface area contributed by atoms with Crippen molar-refractivity contribution in [3.05, 3.63) is 140 Å². The molecule has 384 valence electrons. The molecular weight excluding hydrogens is 897 g/mol. The molecule has 2 saturated carbocycles. The topological polar surface area (TPSA) is 157 Å². The van der Waals surface area contributed by atoms with Gasteiger partial charge in [-0.25, -0.2) is 0 Å². The molecule has 12 nitrogen and oxygen atoms in total. The van der Waals surface area contributed by atoms with E-state index in [0.717, 1.165) is 60.1 Å². The van der Waals surface area contributed by atoms with E-state index in [1.165, 1.54) is 112 Å². The normalized spacial score (nSPS) is 18.1. The summed E-state index contributed by atoms with van der Waals surface area (Å²) in [5, 5.41) is 23.0. The molecule has 4 aromatic carbocycles. The molecule has 0 amide bonds. The summed E-state index contributed by atoms with van der Waals surface area (Å²) in [4.78, 5) is 48.7. The molecule has 4 aromatic rings. The number of esters is 2. The van der Waals surface area contributed by atoms with Gasteiger partial charge in [0, 0.05) is 42.5 Å². The van der Waals surface area contributed by atoms with Crippen molar-refractivity contribution in [2.24, 2.45) is 17.3 Å². The molecule has 6 rings (SSSR count). The first kappa shape index (κ1) is 54.6. The molecule has 0 bridgehead atoms. The number of carbonyl (C=O) groups is 2. The van der Waals surface area contributed by atoms with Gasteiger partial charge in [-0.1, -0.05) is 88.1 Å². The van der Waals surface area contributed by atoms with Crippen LogP contribution in [0.5, 0.6) is 11.5 Å². The minimum absolute atomic E-state index is 0.0654. The average molecular weight is 975 g/mol. The molecule has 0 unspecified atom stereocenters. The summed E-state index contributed by atoms with van der Waals surface area (Å²) in [6.45, 7) is 5.41. The van der Waals surface area contributed by atoms with Crippen molar-refractivity contribution in [1.82, 2.24) is 0 Å². The van der Waals surface area contributed by atoms with Crippen LogP contribution in [-0.4, -0.2) is 48.2 Å². The minimum atomic E-state index is -0.993. The predicted molar refractivity (Wildman–Crippen MR) is 278 cm³/mol. The number of hydrogen-bond donors (Lipinski definition) is 0. The Kier molecular flexibility index (Phi) is 22.2. The van der Waals surface area contributed by atoms with E-state index in [1.54, 1.807) is 24.3 Å². The lowest BCUT2D eigenvalue weighted by atomic mass is 9.77. The van der Waals surface area contributed by atoms with Crippen molar-refractivity contribution in [3.63, 3.8) is 0 Å². The van der Waals surface area contributed by atoms with Gasteiger partial charge in [0.2, 0.25) is 0 Å². The number of benzene rings is 4. The van der Waals surface area contributed by atoms with Crippen LogP contribution in [0.25, 0.3) is 0 Å². The molecule has 2 aliphatic rings. The monoisotopic (exact) mass is 975 g/mol. The number of nitro benzene ring substituents is 2. The van der Waals surface area contributed by atoms with E-state index >= 15 is 0 Å². The molecule has 0 heterocycles. The molecule has 12 heteroatoms. The van der Waals surface area contributed by atoms with Gasteiger partial charge in [-0.05, 0) is 173 Å². The maximum atomic E-state index is 13.3. The minimum Gasteiger partial charge on any atom is -0.494 e. The molecule has 0 spiro atoms. The van der Waals surface area contributed by atoms with Gasteiger partial charge in [-0.3, -0.25) is 29.8 Å². The molecular formula is C59H78N2O10. The number of ether oxygens (including phenoxy) is 4. The van der Waals surface area contributed by atoms with Gasteiger partial charge in [0.05, 0.1) is 23.1 Å². The van der Waals surface area contributed by atoms with Crippen LogP contribution in [0.1, 0.15) is 176 Å². The molecule has 0 aromatic heterocycles. The highest BCUT2D eigenvalue weighted by Crippen LogP contribution is 2.39. The van der Waals surface area contributed by atoms with Crippen LogP contribution in [0.15, 0.2) is 97.1 Å². The smallest absolute Gasteiger partial charge is 0.305 e. The van der Waals surface area contributed by atoms with Crippen LogP contribution >= 0.6 is 0 Å². The number of nitro groups is 2. The van der Waals surface area contributed by atoms with Gasteiger partial charge >= 0.3 is 11.9 Å². The van der Waals surface area contributed by atoms with Crippen LogP contribution in [0.2, 0.25) is 0 Å². The number of unbranched alkanes of at least 4 members (excludes halogenated alkanes) is 4. The number of hydrogen-bond acceptors (Lipinski definition) is 10. The van der Waals surface area contributed by atoms with Gasteiger partial charge < -0.3 is 18.9 Å². The van der Waals surface area contributed by atoms with E-state index in [0.29, 0.717) is 37.9 Å². The lowest BCUT2D eigenvalue weighted by Crippen LogP contribution is -2.39. The lowest BCUT2D eigenvalue weighted by Gasteiger charge is -2.33.